The molecule has 0 aliphatic carbocycles. The molecule has 0 unspecified atom stereocenters. The molecule has 2 N–H and O–H groups in total. The van der Waals surface area contributed by atoms with E-state index in [0.29, 0.717) is 28.4 Å². The molecule has 0 fully saturated rings. The molecule has 162 valence electrons. The summed E-state index contributed by atoms with van der Waals surface area (Å²) in [6.07, 6.45) is 1.47. The number of rotatable bonds is 6. The summed E-state index contributed by atoms with van der Waals surface area (Å²) in [5, 5.41) is 6.76. The fourth-order valence-electron chi connectivity index (χ4n) is 3.02. The average Bonchev–Trinajstić information content (AvgIpc) is 3.16. The number of carbonyl (C=O) groups excluding carboxylic acids is 1. The van der Waals surface area contributed by atoms with Crippen LogP contribution < -0.4 is 10.0 Å². The summed E-state index contributed by atoms with van der Waals surface area (Å²) in [5.74, 6) is -0.0499. The number of hydrogen-bond donors (Lipinski definition) is 2. The highest BCUT2D eigenvalue weighted by Crippen LogP contribution is 2.26. The van der Waals surface area contributed by atoms with Gasteiger partial charge in [-0.15, -0.1) is 0 Å². The van der Waals surface area contributed by atoms with E-state index in [2.05, 4.69) is 25.2 Å². The topological polar surface area (TPSA) is 127 Å². The van der Waals surface area contributed by atoms with Crippen LogP contribution in [0.2, 0.25) is 0 Å². The van der Waals surface area contributed by atoms with E-state index < -0.39 is 15.9 Å². The molecule has 4 aromatic rings. The predicted molar refractivity (Wildman–Crippen MR) is 119 cm³/mol. The molecule has 10 heteroatoms. The molecule has 0 saturated heterocycles. The Bertz CT molecular complexity index is 1370. The Balaban J connectivity index is 1.52. The van der Waals surface area contributed by atoms with Gasteiger partial charge in [-0.1, -0.05) is 35.5 Å². The van der Waals surface area contributed by atoms with E-state index >= 15 is 0 Å². The van der Waals surface area contributed by atoms with E-state index in [-0.39, 0.29) is 10.8 Å². The molecule has 0 aliphatic rings. The number of nitrogens with one attached hydrogen (secondary N) is 2. The molecule has 0 radical (unpaired) electrons. The molecule has 0 bridgehead atoms. The van der Waals surface area contributed by atoms with Crippen molar-refractivity contribution in [1.82, 2.24) is 15.1 Å². The molecule has 2 heterocycles. The van der Waals surface area contributed by atoms with Crippen LogP contribution in [0.5, 0.6) is 0 Å². The highest BCUT2D eigenvalue weighted by molar-refractivity contribution is 7.92. The third-order valence-corrected chi connectivity index (χ3v) is 5.92. The van der Waals surface area contributed by atoms with E-state index in [0.717, 1.165) is 5.56 Å². The van der Waals surface area contributed by atoms with Crippen molar-refractivity contribution in [2.24, 2.45) is 0 Å². The number of nitrogens with zero attached hydrogens (tertiary/aromatic N) is 3. The highest BCUT2D eigenvalue weighted by atomic mass is 32.2. The van der Waals surface area contributed by atoms with E-state index in [1.807, 2.05) is 30.3 Å². The largest absolute Gasteiger partial charge is 0.360 e. The van der Waals surface area contributed by atoms with E-state index in [9.17, 15) is 13.2 Å². The van der Waals surface area contributed by atoms with Crippen LogP contribution in [0, 0.1) is 13.8 Å². The molecule has 9 nitrogen and oxygen atoms in total. The van der Waals surface area contributed by atoms with Crippen molar-refractivity contribution in [3.05, 3.63) is 83.9 Å². The third-order valence-electron chi connectivity index (χ3n) is 4.58. The first-order valence-electron chi connectivity index (χ1n) is 9.59. The quantitative estimate of drug-likeness (QED) is 0.458. The molecule has 2 aromatic carbocycles. The fourth-order valence-corrected chi connectivity index (χ4v) is 3.97. The summed E-state index contributed by atoms with van der Waals surface area (Å²) in [5.41, 5.74) is 2.55. The summed E-state index contributed by atoms with van der Waals surface area (Å²) in [6, 6.07) is 16.6. The Morgan fingerprint density at radius 3 is 2.38 bits per heavy atom. The first-order valence-corrected chi connectivity index (χ1v) is 11.1. The van der Waals surface area contributed by atoms with Crippen molar-refractivity contribution in [3.8, 4) is 11.3 Å². The average molecular weight is 449 g/mol. The van der Waals surface area contributed by atoms with Crippen LogP contribution in [-0.2, 0) is 10.0 Å². The summed E-state index contributed by atoms with van der Waals surface area (Å²) in [4.78, 5) is 20.8. The Kier molecular flexibility index (Phi) is 5.69. The van der Waals surface area contributed by atoms with Gasteiger partial charge in [-0.2, -0.15) is 0 Å². The lowest BCUT2D eigenvalue weighted by molar-refractivity contribution is 0.102. The number of aromatic nitrogens is 3. The number of carbonyl (C=O) groups is 1. The van der Waals surface area contributed by atoms with Crippen molar-refractivity contribution in [3.63, 3.8) is 0 Å². The Morgan fingerprint density at radius 2 is 1.69 bits per heavy atom. The molecule has 1 amide bonds. The number of hydrogen-bond acceptors (Lipinski definition) is 7. The van der Waals surface area contributed by atoms with Crippen molar-refractivity contribution in [1.29, 1.82) is 0 Å². The van der Waals surface area contributed by atoms with Gasteiger partial charge in [0.2, 0.25) is 5.95 Å². The minimum atomic E-state index is -3.88. The van der Waals surface area contributed by atoms with Crippen LogP contribution in [0.15, 0.2) is 76.3 Å². The smallest absolute Gasteiger partial charge is 0.264 e. The molecule has 0 saturated carbocycles. The number of aryl methyl sites for hydroxylation is 2. The Morgan fingerprint density at radius 1 is 0.969 bits per heavy atom. The fraction of sp³-hybridized carbons (Fsp3) is 0.0909. The molecule has 0 spiro atoms. The van der Waals surface area contributed by atoms with Gasteiger partial charge in [0.15, 0.2) is 0 Å². The zero-order valence-corrected chi connectivity index (χ0v) is 18.1. The third kappa shape index (κ3) is 4.49. The number of amides is 1. The second kappa shape index (κ2) is 8.60. The maximum atomic E-state index is 12.9. The van der Waals surface area contributed by atoms with Gasteiger partial charge in [-0.3, -0.25) is 4.79 Å². The van der Waals surface area contributed by atoms with Crippen LogP contribution in [0.4, 0.5) is 11.6 Å². The minimum Gasteiger partial charge on any atom is -0.360 e. The van der Waals surface area contributed by atoms with Crippen molar-refractivity contribution in [2.45, 2.75) is 18.7 Å². The van der Waals surface area contributed by atoms with Gasteiger partial charge in [0.25, 0.3) is 15.9 Å². The maximum absolute atomic E-state index is 12.9. The minimum absolute atomic E-state index is 0.00624. The van der Waals surface area contributed by atoms with Crippen LogP contribution in [0.25, 0.3) is 11.3 Å². The highest BCUT2D eigenvalue weighted by Gasteiger charge is 2.22. The first kappa shape index (κ1) is 21.2. The predicted octanol–water partition coefficient (Wildman–Crippen LogP) is 3.80. The lowest BCUT2D eigenvalue weighted by atomic mass is 10.1. The molecular weight excluding hydrogens is 430 g/mol. The molecular formula is C22H19N5O4S. The normalized spacial score (nSPS) is 11.2. The van der Waals surface area contributed by atoms with Crippen LogP contribution in [0.1, 0.15) is 21.8 Å². The summed E-state index contributed by atoms with van der Waals surface area (Å²) in [7, 11) is -3.88. The van der Waals surface area contributed by atoms with Crippen molar-refractivity contribution >= 4 is 27.6 Å². The van der Waals surface area contributed by atoms with Crippen molar-refractivity contribution < 1.29 is 17.7 Å². The SMILES string of the molecule is Cc1ccnc(NS(=O)(=O)c2ccc(NC(=O)c3c(-c4ccccc4)noc3C)cc2)n1. The standard InChI is InChI=1S/C22H19N5O4S/c1-14-12-13-23-22(24-14)27-32(29,30)18-10-8-17(9-11-18)25-21(28)19-15(2)31-26-20(19)16-6-4-3-5-7-16/h3-13H,1-2H3,(H,25,28)(H,23,24,27). The maximum Gasteiger partial charge on any atom is 0.264 e. The van der Waals surface area contributed by atoms with Gasteiger partial charge in [0, 0.05) is 23.1 Å². The van der Waals surface area contributed by atoms with E-state index in [4.69, 9.17) is 4.52 Å². The monoisotopic (exact) mass is 449 g/mol. The van der Waals surface area contributed by atoms with Crippen LogP contribution in [0.3, 0.4) is 0 Å². The molecule has 0 atom stereocenters. The second-order valence-electron chi connectivity index (χ2n) is 6.93. The Labute approximate surface area is 184 Å². The first-order chi connectivity index (χ1) is 15.3. The number of benzene rings is 2. The lowest BCUT2D eigenvalue weighted by Crippen LogP contribution is -2.16. The summed E-state index contributed by atoms with van der Waals surface area (Å²) < 4.78 is 32.7. The van der Waals surface area contributed by atoms with Crippen molar-refractivity contribution in [2.75, 3.05) is 10.0 Å². The zero-order valence-electron chi connectivity index (χ0n) is 17.2. The van der Waals surface area contributed by atoms with E-state index in [1.165, 1.54) is 30.5 Å². The van der Waals surface area contributed by atoms with Gasteiger partial charge in [0.1, 0.15) is 17.0 Å². The molecule has 4 rings (SSSR count). The second-order valence-corrected chi connectivity index (χ2v) is 8.62. The zero-order chi connectivity index (χ0) is 22.7. The molecule has 0 aliphatic heterocycles. The van der Waals surface area contributed by atoms with Gasteiger partial charge in [-0.25, -0.2) is 23.1 Å². The van der Waals surface area contributed by atoms with Gasteiger partial charge < -0.3 is 9.84 Å². The van der Waals surface area contributed by atoms with Gasteiger partial charge in [0.05, 0.1) is 4.90 Å². The summed E-state index contributed by atoms with van der Waals surface area (Å²) in [6.45, 7) is 3.39. The van der Waals surface area contributed by atoms with Crippen LogP contribution >= 0.6 is 0 Å². The molecule has 2 aromatic heterocycles. The molecule has 32 heavy (non-hydrogen) atoms. The van der Waals surface area contributed by atoms with Gasteiger partial charge in [-0.05, 0) is 44.2 Å². The Hall–Kier alpha value is -4.05. The van der Waals surface area contributed by atoms with Crippen LogP contribution in [-0.4, -0.2) is 29.4 Å². The van der Waals surface area contributed by atoms with E-state index in [1.54, 1.807) is 19.9 Å². The number of sulfonamides is 1. The summed E-state index contributed by atoms with van der Waals surface area (Å²) >= 11 is 0. The van der Waals surface area contributed by atoms with Gasteiger partial charge >= 0.3 is 0 Å². The number of anilines is 2. The lowest BCUT2D eigenvalue weighted by Gasteiger charge is -2.09.